The average molecular weight is 685 g/mol. The molecule has 3 fully saturated rings. The van der Waals surface area contributed by atoms with E-state index in [2.05, 4.69) is 28.9 Å². The Bertz CT molecular complexity index is 905. The van der Waals surface area contributed by atoms with Gasteiger partial charge in [0.05, 0.1) is 0 Å². The number of aliphatic carboxylic acids is 2. The summed E-state index contributed by atoms with van der Waals surface area (Å²) in [6.45, 7) is 10.9. The van der Waals surface area contributed by atoms with Crippen molar-refractivity contribution in [1.29, 1.82) is 0 Å². The molecule has 0 aromatic heterocycles. The van der Waals surface area contributed by atoms with Crippen molar-refractivity contribution in [3.63, 3.8) is 0 Å². The second-order valence-corrected chi connectivity index (χ2v) is 14.2. The van der Waals surface area contributed by atoms with Crippen LogP contribution in [-0.2, 0) is 9.59 Å². The van der Waals surface area contributed by atoms with Crippen molar-refractivity contribution in [1.82, 2.24) is 9.80 Å². The van der Waals surface area contributed by atoms with Gasteiger partial charge in [-0.15, -0.1) is 0 Å². The quantitative estimate of drug-likeness (QED) is 0.196. The molecule has 0 spiro atoms. The van der Waals surface area contributed by atoms with Crippen LogP contribution in [0.15, 0.2) is 12.2 Å². The molecule has 0 saturated carbocycles. The number of carboxylic acid groups (broad SMARTS) is 2. The first-order valence-electron chi connectivity index (χ1n) is 17.9. The summed E-state index contributed by atoms with van der Waals surface area (Å²) in [5, 5.41) is 14.2. The van der Waals surface area contributed by atoms with Gasteiger partial charge in [-0.3, -0.25) is 0 Å². The molecule has 6 bridgehead atoms. The Morgan fingerprint density at radius 3 is 1.79 bits per heavy atom. The van der Waals surface area contributed by atoms with E-state index in [-0.39, 0.29) is 0 Å². The number of piperidine rings is 2. The fraction of sp³-hybridized carbons (Fsp3) is 0.886. The molecule has 0 radical (unpaired) electrons. The summed E-state index contributed by atoms with van der Waals surface area (Å²) < 4.78 is 63.5. The number of carboxylic acids is 2. The van der Waals surface area contributed by atoms with Gasteiger partial charge in [-0.05, 0) is 107 Å². The van der Waals surface area contributed by atoms with Gasteiger partial charge in [0.15, 0.2) is 0 Å². The van der Waals surface area contributed by atoms with Gasteiger partial charge in [0.25, 0.3) is 0 Å². The molecule has 5 heterocycles. The minimum Gasteiger partial charge on any atom is -0.475 e. The Kier molecular flexibility index (Phi) is 18.7. The average Bonchev–Trinajstić information content (AvgIpc) is 2.99. The topological polar surface area (TPSA) is 81.1 Å². The fourth-order valence-corrected chi connectivity index (χ4v) is 7.80. The molecule has 0 aromatic carbocycles. The number of allylic oxidation sites excluding steroid dienone is 2. The molecule has 0 aromatic rings. The lowest BCUT2D eigenvalue weighted by molar-refractivity contribution is -0.193. The molecular formula is C35H58F6N2O4. The molecule has 2 unspecified atom stereocenters. The summed E-state index contributed by atoms with van der Waals surface area (Å²) in [7, 11) is 0. The van der Waals surface area contributed by atoms with Gasteiger partial charge < -0.3 is 20.0 Å². The maximum Gasteiger partial charge on any atom is 0.490 e. The highest BCUT2D eigenvalue weighted by atomic mass is 19.4. The second kappa shape index (κ2) is 21.3. The molecule has 5 rings (SSSR count). The third-order valence-electron chi connectivity index (χ3n) is 10.3. The molecule has 5 aliphatic rings. The highest BCUT2D eigenvalue weighted by Crippen LogP contribution is 2.40. The molecular weight excluding hydrogens is 626 g/mol. The van der Waals surface area contributed by atoms with Crippen LogP contribution in [0.3, 0.4) is 0 Å². The van der Waals surface area contributed by atoms with Crippen LogP contribution in [-0.4, -0.2) is 83.6 Å². The van der Waals surface area contributed by atoms with Crippen molar-refractivity contribution in [3.8, 4) is 0 Å². The van der Waals surface area contributed by atoms with Crippen molar-refractivity contribution < 1.29 is 46.1 Å². The number of hydrogen-bond acceptors (Lipinski definition) is 4. The molecule has 3 saturated heterocycles. The lowest BCUT2D eigenvalue weighted by Crippen LogP contribution is -2.49. The molecule has 0 amide bonds. The highest BCUT2D eigenvalue weighted by Gasteiger charge is 2.40. The van der Waals surface area contributed by atoms with Gasteiger partial charge in [0, 0.05) is 19.6 Å². The zero-order chi connectivity index (χ0) is 34.9. The predicted molar refractivity (Wildman–Crippen MR) is 171 cm³/mol. The largest absolute Gasteiger partial charge is 0.490 e. The summed E-state index contributed by atoms with van der Waals surface area (Å²) in [5.74, 6) is -0.712. The molecule has 5 aliphatic heterocycles. The number of alkyl halides is 6. The van der Waals surface area contributed by atoms with Crippen molar-refractivity contribution in [2.45, 2.75) is 128 Å². The van der Waals surface area contributed by atoms with Gasteiger partial charge in [-0.25, -0.2) is 9.59 Å². The Morgan fingerprint density at radius 2 is 1.13 bits per heavy atom. The first-order chi connectivity index (χ1) is 22.2. The normalized spacial score (nSPS) is 32.6. The van der Waals surface area contributed by atoms with Crippen molar-refractivity contribution in [2.24, 2.45) is 29.6 Å². The van der Waals surface area contributed by atoms with Crippen LogP contribution >= 0.6 is 0 Å². The van der Waals surface area contributed by atoms with Crippen LogP contribution in [0.25, 0.3) is 0 Å². The number of fused-ring (bicyclic) bond motifs is 10. The summed E-state index contributed by atoms with van der Waals surface area (Å²) in [6.07, 6.45) is 19.5. The number of hydrogen-bond donors (Lipinski definition) is 2. The summed E-state index contributed by atoms with van der Waals surface area (Å²) >= 11 is 0. The lowest BCUT2D eigenvalue weighted by atomic mass is 9.69. The monoisotopic (exact) mass is 684 g/mol. The number of halogens is 6. The molecule has 7 atom stereocenters. The maximum atomic E-state index is 10.6. The van der Waals surface area contributed by atoms with Crippen molar-refractivity contribution in [3.05, 3.63) is 12.2 Å². The lowest BCUT2D eigenvalue weighted by Gasteiger charge is -2.47. The SMILES string of the molecule is C[C@H]1CCCCCCC[C@@H]2CN3CCCCCC/C=C\CC[C@H]4C[C@H](CN(CC1)C4)[C@H]2CC3.O=C(O)C(F)(F)F.O=C(O)C(F)(F)F. The van der Waals surface area contributed by atoms with Gasteiger partial charge >= 0.3 is 24.3 Å². The van der Waals surface area contributed by atoms with E-state index in [1.165, 1.54) is 148 Å². The first kappa shape index (κ1) is 41.4. The molecule has 274 valence electrons. The van der Waals surface area contributed by atoms with Gasteiger partial charge in [0.1, 0.15) is 0 Å². The van der Waals surface area contributed by atoms with Gasteiger partial charge in [-0.2, -0.15) is 26.3 Å². The van der Waals surface area contributed by atoms with E-state index in [0.717, 1.165) is 29.6 Å². The Morgan fingerprint density at radius 1 is 0.596 bits per heavy atom. The van der Waals surface area contributed by atoms with Gasteiger partial charge in [-0.1, -0.05) is 70.4 Å². The molecule has 6 nitrogen and oxygen atoms in total. The second-order valence-electron chi connectivity index (χ2n) is 14.2. The highest BCUT2D eigenvalue weighted by molar-refractivity contribution is 5.73. The van der Waals surface area contributed by atoms with Gasteiger partial charge in [0.2, 0.25) is 0 Å². The zero-order valence-corrected chi connectivity index (χ0v) is 28.2. The van der Waals surface area contributed by atoms with E-state index in [1.807, 2.05) is 0 Å². The van der Waals surface area contributed by atoms with E-state index in [0.29, 0.717) is 0 Å². The smallest absolute Gasteiger partial charge is 0.475 e. The number of carbonyl (C=O) groups is 2. The standard InChI is InChI=1S/C31H56N2.2C2HF3O2/c1-27-15-11-7-6-9-13-17-29-25-32-20-14-10-5-3-2-4-8-12-16-28-23-30(31(29)19-22-32)26-33(24-28)21-18-27;2*3-2(4,5)1(6)7/h4,8,27-31H,2-3,5-7,9-26H2,1H3;2*(H,6,7)/b8-4-;;/t27-,28-,29+,30+,31-;;/m0../s1. The van der Waals surface area contributed by atoms with Crippen molar-refractivity contribution in [2.75, 3.05) is 39.3 Å². The van der Waals surface area contributed by atoms with Crippen LogP contribution in [0, 0.1) is 29.6 Å². The van der Waals surface area contributed by atoms with Crippen LogP contribution in [0.2, 0.25) is 0 Å². The summed E-state index contributed by atoms with van der Waals surface area (Å²) in [4.78, 5) is 23.6. The number of nitrogens with zero attached hydrogens (tertiary/aromatic N) is 2. The van der Waals surface area contributed by atoms with E-state index in [9.17, 15) is 26.3 Å². The van der Waals surface area contributed by atoms with E-state index >= 15 is 0 Å². The third kappa shape index (κ3) is 17.4. The Labute approximate surface area is 277 Å². The minimum atomic E-state index is -5.08. The molecule has 47 heavy (non-hydrogen) atoms. The molecule has 12 heteroatoms. The van der Waals surface area contributed by atoms with E-state index < -0.39 is 24.3 Å². The minimum absolute atomic E-state index is 0.919. The summed E-state index contributed by atoms with van der Waals surface area (Å²) in [5.41, 5.74) is 0. The number of rotatable bonds is 0. The van der Waals surface area contributed by atoms with Crippen molar-refractivity contribution >= 4 is 11.9 Å². The Balaban J connectivity index is 0.000000459. The first-order valence-corrected chi connectivity index (χ1v) is 17.9. The van der Waals surface area contributed by atoms with E-state index in [4.69, 9.17) is 19.8 Å². The van der Waals surface area contributed by atoms with Crippen LogP contribution in [0.4, 0.5) is 26.3 Å². The fourth-order valence-electron chi connectivity index (χ4n) is 7.80. The molecule has 2 N–H and O–H groups in total. The zero-order valence-electron chi connectivity index (χ0n) is 28.2. The predicted octanol–water partition coefficient (Wildman–Crippen LogP) is 9.20. The maximum absolute atomic E-state index is 10.6. The summed E-state index contributed by atoms with van der Waals surface area (Å²) in [6, 6.07) is 0. The van der Waals surface area contributed by atoms with E-state index in [1.54, 1.807) is 0 Å². The van der Waals surface area contributed by atoms with Crippen LogP contribution in [0.1, 0.15) is 116 Å². The third-order valence-corrected chi connectivity index (χ3v) is 10.3. The molecule has 0 aliphatic carbocycles. The Hall–Kier alpha value is -1.82. The van der Waals surface area contributed by atoms with Crippen LogP contribution < -0.4 is 0 Å². The van der Waals surface area contributed by atoms with Crippen LogP contribution in [0.5, 0.6) is 0 Å².